The van der Waals surface area contributed by atoms with Crippen molar-refractivity contribution >= 4 is 0 Å². The van der Waals surface area contributed by atoms with Crippen LogP contribution in [0.25, 0.3) is 0 Å². The Hall–Kier alpha value is -0.780. The molecule has 0 radical (unpaired) electrons. The van der Waals surface area contributed by atoms with Gasteiger partial charge in [0.1, 0.15) is 0 Å². The summed E-state index contributed by atoms with van der Waals surface area (Å²) >= 11 is 0. The van der Waals surface area contributed by atoms with Gasteiger partial charge >= 0.3 is 0 Å². The van der Waals surface area contributed by atoms with Crippen molar-refractivity contribution in [2.45, 2.75) is 47.0 Å². The average molecular weight is 202 g/mol. The Balaban J connectivity index is 2.41. The zero-order valence-electron chi connectivity index (χ0n) is 10.4. The van der Waals surface area contributed by atoms with Crippen LogP contribution in [0.1, 0.15) is 47.0 Å². The topological polar surface area (TPSA) is 0 Å². The molecule has 0 amide bonds. The van der Waals surface area contributed by atoms with Crippen LogP contribution < -0.4 is 0 Å². The fraction of sp³-hybridized carbons (Fsp3) is 0.600. The number of hydrogen-bond acceptors (Lipinski definition) is 0. The van der Waals surface area contributed by atoms with Crippen molar-refractivity contribution < 1.29 is 0 Å². The van der Waals surface area contributed by atoms with Crippen LogP contribution in [0.15, 0.2) is 34.9 Å². The van der Waals surface area contributed by atoms with E-state index >= 15 is 0 Å². The van der Waals surface area contributed by atoms with Crippen LogP contribution in [0.4, 0.5) is 0 Å². The Labute approximate surface area is 93.8 Å². The number of allylic oxidation sites excluding steroid dienone is 6. The summed E-state index contributed by atoms with van der Waals surface area (Å²) in [4.78, 5) is 0. The Kier molecular flexibility index (Phi) is 2.62. The molecule has 0 spiro atoms. The first-order valence-electron chi connectivity index (χ1n) is 6.06. The van der Waals surface area contributed by atoms with Gasteiger partial charge in [0.2, 0.25) is 0 Å². The summed E-state index contributed by atoms with van der Waals surface area (Å²) in [6.45, 7) is 9.34. The van der Waals surface area contributed by atoms with E-state index in [0.29, 0.717) is 5.41 Å². The summed E-state index contributed by atoms with van der Waals surface area (Å²) in [7, 11) is 0. The summed E-state index contributed by atoms with van der Waals surface area (Å²) in [5.74, 6) is 0.781. The van der Waals surface area contributed by atoms with Gasteiger partial charge in [-0.3, -0.25) is 0 Å². The summed E-state index contributed by atoms with van der Waals surface area (Å²) in [6.07, 6.45) is 10.8. The van der Waals surface area contributed by atoms with Crippen LogP contribution in [-0.2, 0) is 0 Å². The zero-order chi connectivity index (χ0) is 11.1. The summed E-state index contributed by atoms with van der Waals surface area (Å²) in [5, 5.41) is 0. The van der Waals surface area contributed by atoms with Crippen molar-refractivity contribution in [3.05, 3.63) is 34.9 Å². The van der Waals surface area contributed by atoms with Crippen molar-refractivity contribution in [1.29, 1.82) is 0 Å². The predicted molar refractivity (Wildman–Crippen MR) is 66.7 cm³/mol. The molecule has 0 aromatic heterocycles. The number of fused-ring (bicyclic) bond motifs is 1. The number of rotatable bonds is 0. The highest BCUT2D eigenvalue weighted by Crippen LogP contribution is 2.49. The minimum absolute atomic E-state index is 0.402. The molecule has 0 heterocycles. The molecule has 0 aromatic rings. The van der Waals surface area contributed by atoms with E-state index in [2.05, 4.69) is 45.9 Å². The van der Waals surface area contributed by atoms with Crippen LogP contribution in [0.5, 0.6) is 0 Å². The maximum atomic E-state index is 2.44. The highest BCUT2D eigenvalue weighted by molar-refractivity contribution is 5.38. The van der Waals surface area contributed by atoms with Crippen LogP contribution in [0.3, 0.4) is 0 Å². The van der Waals surface area contributed by atoms with Crippen molar-refractivity contribution in [3.8, 4) is 0 Å². The molecule has 0 saturated carbocycles. The van der Waals surface area contributed by atoms with Crippen molar-refractivity contribution in [2.75, 3.05) is 0 Å². The van der Waals surface area contributed by atoms with E-state index in [-0.39, 0.29) is 0 Å². The molecule has 0 N–H and O–H groups in total. The highest BCUT2D eigenvalue weighted by Gasteiger charge is 2.37. The first-order chi connectivity index (χ1) is 7.04. The molecule has 0 aromatic carbocycles. The standard InChI is InChI=1S/C15H22/c1-11(2)13-8-9-14-7-5-6-12(3)15(14,4)10-13/h5,7,9,12H,6,8,10H2,1-4H3/t12-,15+/m1/s1. The second-order valence-corrected chi connectivity index (χ2v) is 5.60. The Morgan fingerprint density at radius 3 is 2.80 bits per heavy atom. The van der Waals surface area contributed by atoms with Crippen molar-refractivity contribution in [1.82, 2.24) is 0 Å². The molecular formula is C15H22. The molecule has 0 bridgehead atoms. The molecule has 0 aliphatic heterocycles. The molecule has 0 unspecified atom stereocenters. The lowest BCUT2D eigenvalue weighted by molar-refractivity contribution is 0.244. The smallest absolute Gasteiger partial charge is 0.00126 e. The largest absolute Gasteiger partial charge is 0.0840 e. The number of hydrogen-bond donors (Lipinski definition) is 0. The molecule has 0 saturated heterocycles. The lowest BCUT2D eigenvalue weighted by Crippen LogP contribution is -2.32. The van der Waals surface area contributed by atoms with Crippen molar-refractivity contribution in [3.63, 3.8) is 0 Å². The third-order valence-electron chi connectivity index (χ3n) is 4.39. The maximum Gasteiger partial charge on any atom is -0.00126 e. The Morgan fingerprint density at radius 2 is 2.13 bits per heavy atom. The van der Waals surface area contributed by atoms with Gasteiger partial charge in [-0.1, -0.05) is 43.2 Å². The molecular weight excluding hydrogens is 180 g/mol. The first-order valence-corrected chi connectivity index (χ1v) is 6.06. The monoisotopic (exact) mass is 202 g/mol. The second kappa shape index (κ2) is 3.66. The van der Waals surface area contributed by atoms with Gasteiger partial charge in [-0.15, -0.1) is 0 Å². The predicted octanol–water partition coefficient (Wildman–Crippen LogP) is 4.65. The minimum Gasteiger partial charge on any atom is -0.0840 e. The molecule has 0 nitrogen and oxygen atoms in total. The highest BCUT2D eigenvalue weighted by atomic mass is 14.4. The van der Waals surface area contributed by atoms with Gasteiger partial charge in [0.25, 0.3) is 0 Å². The van der Waals surface area contributed by atoms with Gasteiger partial charge in [0, 0.05) is 0 Å². The Morgan fingerprint density at radius 1 is 1.40 bits per heavy atom. The molecule has 0 fully saturated rings. The maximum absolute atomic E-state index is 2.44. The molecule has 82 valence electrons. The molecule has 2 aliphatic carbocycles. The van der Waals surface area contributed by atoms with Gasteiger partial charge in [0.15, 0.2) is 0 Å². The van der Waals surface area contributed by atoms with Gasteiger partial charge in [-0.2, -0.15) is 0 Å². The fourth-order valence-corrected chi connectivity index (χ4v) is 2.84. The third-order valence-corrected chi connectivity index (χ3v) is 4.39. The van der Waals surface area contributed by atoms with Crippen LogP contribution in [-0.4, -0.2) is 0 Å². The third kappa shape index (κ3) is 1.71. The SMILES string of the molecule is CC(C)=C1CC=C2C=CC[C@@H](C)[C@]2(C)C1. The molecule has 0 heteroatoms. The van der Waals surface area contributed by atoms with Crippen molar-refractivity contribution in [2.24, 2.45) is 11.3 Å². The molecule has 2 aliphatic rings. The minimum atomic E-state index is 0.402. The van der Waals surface area contributed by atoms with Gasteiger partial charge in [-0.25, -0.2) is 0 Å². The van der Waals surface area contributed by atoms with E-state index in [1.54, 1.807) is 11.1 Å². The second-order valence-electron chi connectivity index (χ2n) is 5.60. The van der Waals surface area contributed by atoms with E-state index in [0.717, 1.165) is 5.92 Å². The van der Waals surface area contributed by atoms with Gasteiger partial charge in [0.05, 0.1) is 0 Å². The summed E-state index contributed by atoms with van der Waals surface area (Å²) in [6, 6.07) is 0. The van der Waals surface area contributed by atoms with E-state index in [1.807, 2.05) is 0 Å². The van der Waals surface area contributed by atoms with E-state index < -0.39 is 0 Å². The van der Waals surface area contributed by atoms with Crippen LogP contribution in [0, 0.1) is 11.3 Å². The van der Waals surface area contributed by atoms with Crippen LogP contribution >= 0.6 is 0 Å². The van der Waals surface area contributed by atoms with Gasteiger partial charge < -0.3 is 0 Å². The summed E-state index contributed by atoms with van der Waals surface area (Å²) in [5.41, 5.74) is 5.16. The lowest BCUT2D eigenvalue weighted by atomic mass is 9.61. The van der Waals surface area contributed by atoms with Gasteiger partial charge in [-0.05, 0) is 50.0 Å². The molecule has 2 rings (SSSR count). The van der Waals surface area contributed by atoms with E-state index in [4.69, 9.17) is 0 Å². The fourth-order valence-electron chi connectivity index (χ4n) is 2.84. The van der Waals surface area contributed by atoms with E-state index in [1.165, 1.54) is 24.8 Å². The van der Waals surface area contributed by atoms with Crippen LogP contribution in [0.2, 0.25) is 0 Å². The lowest BCUT2D eigenvalue weighted by Gasteiger charge is -2.43. The summed E-state index contributed by atoms with van der Waals surface area (Å²) < 4.78 is 0. The average Bonchev–Trinajstić information content (AvgIpc) is 2.19. The molecule has 2 atom stereocenters. The quantitative estimate of drug-likeness (QED) is 0.502. The zero-order valence-corrected chi connectivity index (χ0v) is 10.4. The normalized spacial score (nSPS) is 34.8. The molecule has 15 heavy (non-hydrogen) atoms. The Bertz CT molecular complexity index is 350. The van der Waals surface area contributed by atoms with E-state index in [9.17, 15) is 0 Å². The first kappa shape index (κ1) is 10.7.